The highest BCUT2D eigenvalue weighted by Gasteiger charge is 2.24. The molecule has 2 heterocycles. The minimum absolute atomic E-state index is 0.129. The van der Waals surface area contributed by atoms with Crippen LogP contribution in [0.5, 0.6) is 0 Å². The molecule has 1 fully saturated rings. The first-order valence-corrected chi connectivity index (χ1v) is 6.51. The predicted octanol–water partition coefficient (Wildman–Crippen LogP) is 2.64. The standard InChI is InChI=1S/C12H14Cl2N2O2/c1-16(8-2-4-18-5-3-8)12(17)9-6-11(14)15-7-10(9)13/h6-8H,2-5H2,1H3. The Balaban J connectivity index is 2.16. The second-order valence-electron chi connectivity index (χ2n) is 4.25. The number of carbonyl (C=O) groups is 1. The van der Waals surface area contributed by atoms with Gasteiger partial charge in [0, 0.05) is 32.5 Å². The van der Waals surface area contributed by atoms with Crippen LogP contribution in [-0.4, -0.2) is 42.1 Å². The maximum Gasteiger partial charge on any atom is 0.255 e. The van der Waals surface area contributed by atoms with Gasteiger partial charge in [-0.15, -0.1) is 0 Å². The molecule has 4 nitrogen and oxygen atoms in total. The fraction of sp³-hybridized carbons (Fsp3) is 0.500. The summed E-state index contributed by atoms with van der Waals surface area (Å²) in [7, 11) is 1.78. The smallest absolute Gasteiger partial charge is 0.255 e. The summed E-state index contributed by atoms with van der Waals surface area (Å²) in [5, 5.41) is 0.589. The van der Waals surface area contributed by atoms with Gasteiger partial charge in [-0.25, -0.2) is 4.98 Å². The van der Waals surface area contributed by atoms with Crippen LogP contribution in [-0.2, 0) is 4.74 Å². The maximum absolute atomic E-state index is 12.3. The van der Waals surface area contributed by atoms with Crippen LogP contribution in [0.1, 0.15) is 23.2 Å². The fourth-order valence-corrected chi connectivity index (χ4v) is 2.35. The Labute approximate surface area is 116 Å². The van der Waals surface area contributed by atoms with Crippen LogP contribution in [0.2, 0.25) is 10.2 Å². The zero-order valence-corrected chi connectivity index (χ0v) is 11.5. The van der Waals surface area contributed by atoms with Crippen LogP contribution in [0.3, 0.4) is 0 Å². The van der Waals surface area contributed by atoms with Crippen molar-refractivity contribution in [2.24, 2.45) is 0 Å². The van der Waals surface area contributed by atoms with E-state index in [1.165, 1.54) is 12.3 Å². The molecule has 1 saturated heterocycles. The topological polar surface area (TPSA) is 42.4 Å². The van der Waals surface area contributed by atoms with Crippen LogP contribution in [0.25, 0.3) is 0 Å². The van der Waals surface area contributed by atoms with Crippen molar-refractivity contribution < 1.29 is 9.53 Å². The number of amides is 1. The van der Waals surface area contributed by atoms with E-state index >= 15 is 0 Å². The molecule has 0 spiro atoms. The molecule has 0 unspecified atom stereocenters. The molecule has 0 N–H and O–H groups in total. The van der Waals surface area contributed by atoms with Gasteiger partial charge >= 0.3 is 0 Å². The van der Waals surface area contributed by atoms with Gasteiger partial charge in [0.2, 0.25) is 0 Å². The summed E-state index contributed by atoms with van der Waals surface area (Å²) in [5.74, 6) is -0.129. The Kier molecular flexibility index (Phi) is 4.43. The van der Waals surface area contributed by atoms with E-state index < -0.39 is 0 Å². The summed E-state index contributed by atoms with van der Waals surface area (Å²) >= 11 is 11.8. The average molecular weight is 289 g/mol. The first-order chi connectivity index (χ1) is 8.59. The van der Waals surface area contributed by atoms with Gasteiger partial charge in [-0.1, -0.05) is 23.2 Å². The normalized spacial score (nSPS) is 16.6. The van der Waals surface area contributed by atoms with E-state index in [9.17, 15) is 4.79 Å². The molecule has 0 atom stereocenters. The minimum atomic E-state index is -0.129. The number of ether oxygens (including phenoxy) is 1. The third-order valence-electron chi connectivity index (χ3n) is 3.11. The van der Waals surface area contributed by atoms with Gasteiger partial charge < -0.3 is 9.64 Å². The molecular formula is C12H14Cl2N2O2. The summed E-state index contributed by atoms with van der Waals surface area (Å²) in [4.78, 5) is 17.9. The fourth-order valence-electron chi connectivity index (χ4n) is 2.01. The summed E-state index contributed by atoms with van der Waals surface area (Å²) in [6.07, 6.45) is 3.09. The number of halogens is 2. The van der Waals surface area contributed by atoms with E-state index in [4.69, 9.17) is 27.9 Å². The minimum Gasteiger partial charge on any atom is -0.381 e. The summed E-state index contributed by atoms with van der Waals surface area (Å²) < 4.78 is 5.28. The second kappa shape index (κ2) is 5.87. The van der Waals surface area contributed by atoms with Crippen LogP contribution in [0, 0.1) is 0 Å². The van der Waals surface area contributed by atoms with E-state index in [-0.39, 0.29) is 17.1 Å². The van der Waals surface area contributed by atoms with E-state index in [2.05, 4.69) is 4.98 Å². The van der Waals surface area contributed by atoms with E-state index in [1.807, 2.05) is 0 Å². The van der Waals surface area contributed by atoms with Crippen molar-refractivity contribution in [3.63, 3.8) is 0 Å². The molecule has 1 aromatic rings. The molecular weight excluding hydrogens is 275 g/mol. The van der Waals surface area contributed by atoms with Crippen LogP contribution in [0.4, 0.5) is 0 Å². The quantitative estimate of drug-likeness (QED) is 0.786. The molecule has 6 heteroatoms. The molecule has 0 aliphatic carbocycles. The van der Waals surface area contributed by atoms with Crippen molar-refractivity contribution in [2.75, 3.05) is 20.3 Å². The van der Waals surface area contributed by atoms with Crippen molar-refractivity contribution in [1.29, 1.82) is 0 Å². The first-order valence-electron chi connectivity index (χ1n) is 5.75. The summed E-state index contributed by atoms with van der Waals surface area (Å²) in [6, 6.07) is 1.69. The first kappa shape index (κ1) is 13.6. The Hall–Kier alpha value is -0.840. The highest BCUT2D eigenvalue weighted by atomic mass is 35.5. The average Bonchev–Trinajstić information content (AvgIpc) is 2.41. The molecule has 0 radical (unpaired) electrons. The molecule has 1 aliphatic rings. The third kappa shape index (κ3) is 2.94. The largest absolute Gasteiger partial charge is 0.381 e. The number of hydrogen-bond donors (Lipinski definition) is 0. The zero-order valence-electron chi connectivity index (χ0n) is 10.0. The molecule has 1 aliphatic heterocycles. The Bertz CT molecular complexity index is 448. The van der Waals surface area contributed by atoms with Crippen LogP contribution < -0.4 is 0 Å². The second-order valence-corrected chi connectivity index (χ2v) is 5.04. The number of carbonyl (C=O) groups excluding carboxylic acids is 1. The van der Waals surface area contributed by atoms with Crippen LogP contribution in [0.15, 0.2) is 12.3 Å². The number of aromatic nitrogens is 1. The lowest BCUT2D eigenvalue weighted by Gasteiger charge is -2.31. The van der Waals surface area contributed by atoms with Gasteiger partial charge in [-0.3, -0.25) is 4.79 Å². The van der Waals surface area contributed by atoms with Crippen molar-refractivity contribution in [3.8, 4) is 0 Å². The van der Waals surface area contributed by atoms with Gasteiger partial charge in [0.05, 0.1) is 10.6 Å². The van der Waals surface area contributed by atoms with Crippen molar-refractivity contribution in [2.45, 2.75) is 18.9 Å². The molecule has 98 valence electrons. The Morgan fingerprint density at radius 1 is 1.44 bits per heavy atom. The molecule has 2 rings (SSSR count). The number of hydrogen-bond acceptors (Lipinski definition) is 3. The number of nitrogens with zero attached hydrogens (tertiary/aromatic N) is 2. The highest BCUT2D eigenvalue weighted by molar-refractivity contribution is 6.35. The van der Waals surface area contributed by atoms with Gasteiger partial charge in [0.15, 0.2) is 0 Å². The molecule has 0 saturated carbocycles. The molecule has 0 aromatic carbocycles. The van der Waals surface area contributed by atoms with Gasteiger partial charge in [-0.05, 0) is 18.9 Å². The number of rotatable bonds is 2. The van der Waals surface area contributed by atoms with Gasteiger partial charge in [0.25, 0.3) is 5.91 Å². The Morgan fingerprint density at radius 2 is 2.11 bits per heavy atom. The monoisotopic (exact) mass is 288 g/mol. The van der Waals surface area contributed by atoms with E-state index in [0.29, 0.717) is 23.8 Å². The van der Waals surface area contributed by atoms with Crippen molar-refractivity contribution in [1.82, 2.24) is 9.88 Å². The van der Waals surface area contributed by atoms with E-state index in [0.717, 1.165) is 12.8 Å². The summed E-state index contributed by atoms with van der Waals surface area (Å²) in [5.41, 5.74) is 0.394. The van der Waals surface area contributed by atoms with Crippen molar-refractivity contribution >= 4 is 29.1 Å². The predicted molar refractivity (Wildman–Crippen MR) is 70.2 cm³/mol. The molecule has 1 amide bonds. The SMILES string of the molecule is CN(C(=O)c1cc(Cl)ncc1Cl)C1CCOCC1. The lowest BCUT2D eigenvalue weighted by atomic mass is 10.1. The van der Waals surface area contributed by atoms with Crippen LogP contribution >= 0.6 is 23.2 Å². The maximum atomic E-state index is 12.3. The lowest BCUT2D eigenvalue weighted by molar-refractivity contribution is 0.0362. The zero-order chi connectivity index (χ0) is 13.1. The molecule has 18 heavy (non-hydrogen) atoms. The molecule has 1 aromatic heterocycles. The lowest BCUT2D eigenvalue weighted by Crippen LogP contribution is -2.40. The van der Waals surface area contributed by atoms with Gasteiger partial charge in [-0.2, -0.15) is 0 Å². The Morgan fingerprint density at radius 3 is 2.78 bits per heavy atom. The number of pyridine rings is 1. The van der Waals surface area contributed by atoms with Gasteiger partial charge in [0.1, 0.15) is 5.15 Å². The summed E-state index contributed by atoms with van der Waals surface area (Å²) in [6.45, 7) is 1.38. The third-order valence-corrected chi connectivity index (χ3v) is 3.62. The van der Waals surface area contributed by atoms with E-state index in [1.54, 1.807) is 11.9 Å². The highest BCUT2D eigenvalue weighted by Crippen LogP contribution is 2.22. The van der Waals surface area contributed by atoms with Crippen molar-refractivity contribution in [3.05, 3.63) is 28.0 Å². The molecule has 0 bridgehead atoms.